The smallest absolute Gasteiger partial charge is 0.301 e. The first-order chi connectivity index (χ1) is 30.1. The number of H-pyrrole nitrogens is 1. The number of hydrogen-bond acceptors (Lipinski definition) is 10. The number of aliphatic hydroxyl groups is 1. The number of piperidine rings is 1. The first-order valence-corrected chi connectivity index (χ1v) is 22.0. The molecule has 0 bridgehead atoms. The van der Waals surface area contributed by atoms with Gasteiger partial charge in [-0.05, 0) is 65.9 Å². The summed E-state index contributed by atoms with van der Waals surface area (Å²) in [4.78, 5) is 64.1. The number of rotatable bonds is 11. The van der Waals surface area contributed by atoms with E-state index in [9.17, 15) is 37.1 Å². The molecule has 5 aliphatic rings. The second-order valence-electron chi connectivity index (χ2n) is 17.2. The van der Waals surface area contributed by atoms with Crippen molar-refractivity contribution in [2.24, 2.45) is 5.41 Å². The fourth-order valence-electron chi connectivity index (χ4n) is 9.63. The van der Waals surface area contributed by atoms with Gasteiger partial charge in [0, 0.05) is 104 Å². The Kier molecular flexibility index (Phi) is 9.92. The summed E-state index contributed by atoms with van der Waals surface area (Å²) in [6, 6.07) is 15.8. The van der Waals surface area contributed by atoms with E-state index in [1.165, 1.54) is 11.1 Å². The Bertz CT molecular complexity index is 2840. The number of ketones is 1. The average Bonchev–Trinajstić information content (AvgIpc) is 3.96. The van der Waals surface area contributed by atoms with Crippen LogP contribution in [0, 0.1) is 17.0 Å². The Hall–Kier alpha value is -6.15. The van der Waals surface area contributed by atoms with Crippen molar-refractivity contribution in [3.05, 3.63) is 113 Å². The summed E-state index contributed by atoms with van der Waals surface area (Å²) in [5, 5.41) is 13.8. The van der Waals surface area contributed by atoms with Crippen molar-refractivity contribution in [2.45, 2.75) is 44.1 Å². The normalized spacial score (nSPS) is 21.7. The second kappa shape index (κ2) is 15.3. The minimum atomic E-state index is -4.36. The highest BCUT2D eigenvalue weighted by Gasteiger charge is 2.52. The minimum Gasteiger partial charge on any atom is -0.387 e. The fourth-order valence-corrected chi connectivity index (χ4v) is 10.9. The zero-order valence-corrected chi connectivity index (χ0v) is 34.4. The number of likely N-dealkylation sites (tertiary alicyclic amines) is 1. The molecule has 326 valence electrons. The lowest BCUT2D eigenvalue weighted by Gasteiger charge is -2.61. The van der Waals surface area contributed by atoms with Gasteiger partial charge in [0.05, 0.1) is 17.4 Å². The molecule has 10 rings (SSSR count). The van der Waals surface area contributed by atoms with E-state index in [1.807, 2.05) is 35.1 Å². The molecule has 63 heavy (non-hydrogen) atoms. The van der Waals surface area contributed by atoms with Crippen LogP contribution in [-0.2, 0) is 26.3 Å². The molecule has 5 aliphatic heterocycles. The van der Waals surface area contributed by atoms with Crippen LogP contribution in [0.15, 0.2) is 73.1 Å². The number of carbonyl (C=O) groups excluding carboxylic acids is 4. The number of alkyl halides is 1. The number of halogens is 3. The maximum Gasteiger partial charge on any atom is 0.301 e. The fraction of sp³-hybridized carbons (Fsp3) is 0.341. The van der Waals surface area contributed by atoms with Crippen LogP contribution in [0.5, 0.6) is 0 Å². The quantitative estimate of drug-likeness (QED) is 0.111. The average molecular weight is 883 g/mol. The van der Waals surface area contributed by atoms with Crippen molar-refractivity contribution in [3.8, 4) is 11.1 Å². The van der Waals surface area contributed by atoms with Gasteiger partial charge in [-0.2, -0.15) is 12.7 Å². The monoisotopic (exact) mass is 882 g/mol. The van der Waals surface area contributed by atoms with E-state index in [-0.39, 0.29) is 55.1 Å². The number of aliphatic hydroxyl groups excluding tert-OH is 1. The summed E-state index contributed by atoms with van der Waals surface area (Å²) in [7, 11) is -4.36. The van der Waals surface area contributed by atoms with Crippen LogP contribution in [0.25, 0.3) is 22.2 Å². The number of fused-ring (bicyclic) bond motifs is 2. The zero-order chi connectivity index (χ0) is 43.9. The van der Waals surface area contributed by atoms with Crippen molar-refractivity contribution < 1.29 is 45.9 Å². The number of aromatic nitrogens is 2. The van der Waals surface area contributed by atoms with Crippen molar-refractivity contribution in [1.82, 2.24) is 29.4 Å². The van der Waals surface area contributed by atoms with Gasteiger partial charge < -0.3 is 19.9 Å². The third-order valence-corrected chi connectivity index (χ3v) is 14.4. The van der Waals surface area contributed by atoms with Crippen LogP contribution in [0.4, 0.5) is 24.5 Å². The molecule has 19 heteroatoms. The summed E-state index contributed by atoms with van der Waals surface area (Å²) >= 11 is 0. The standard InChI is InChI=1S/C44H41F3N8O7S/c45-28-11-12-54(18-28)63(61,62)51-34-8-7-33(46)38(39(34)47)40(58)32-16-49-41-31(32)14-26(15-48-41)24-1-4-29(5-2-24)53-22-44(23-53)20-52(21-44)19-36(56)25-3-6-30-27(13-25)17-55(43(30)60)35-9-10-37(57)50-42(35)59/h1-8,13-16,28,35-36,51,56H,9-12,17-23H2,(H,48,49)(H,50,57,59)/t28-,35?,36+/m1/s1. The van der Waals surface area contributed by atoms with Crippen molar-refractivity contribution in [3.63, 3.8) is 0 Å². The van der Waals surface area contributed by atoms with Gasteiger partial charge in [0.25, 0.3) is 5.91 Å². The van der Waals surface area contributed by atoms with Gasteiger partial charge in [0.1, 0.15) is 23.7 Å². The number of aromatic amines is 1. The number of hydrogen-bond donors (Lipinski definition) is 4. The molecule has 3 amide bonds. The lowest BCUT2D eigenvalue weighted by molar-refractivity contribution is -0.136. The minimum absolute atomic E-state index is 0.00481. The van der Waals surface area contributed by atoms with Crippen molar-refractivity contribution in [2.75, 3.05) is 55.4 Å². The third kappa shape index (κ3) is 7.31. The molecule has 1 spiro atoms. The molecule has 4 saturated heterocycles. The highest BCUT2D eigenvalue weighted by molar-refractivity contribution is 7.90. The number of β-amino-alcohol motifs (C(OH)–C–C–N with tert-alkyl or cyclic N) is 1. The van der Waals surface area contributed by atoms with Gasteiger partial charge in [-0.3, -0.25) is 34.1 Å². The molecule has 5 aromatic rings. The maximum atomic E-state index is 15.7. The molecule has 15 nitrogen and oxygen atoms in total. The Morgan fingerprint density at radius 2 is 1.76 bits per heavy atom. The van der Waals surface area contributed by atoms with Crippen molar-refractivity contribution in [1.29, 1.82) is 0 Å². The lowest BCUT2D eigenvalue weighted by atomic mass is 9.72. The molecular formula is C44H41F3N8O7S. The zero-order valence-electron chi connectivity index (χ0n) is 33.6. The summed E-state index contributed by atoms with van der Waals surface area (Å²) in [5.74, 6) is -4.66. The lowest BCUT2D eigenvalue weighted by Crippen LogP contribution is -2.72. The number of carbonyl (C=O) groups is 4. The summed E-state index contributed by atoms with van der Waals surface area (Å²) in [5.41, 5.74) is 3.16. The first-order valence-electron chi connectivity index (χ1n) is 20.6. The topological polar surface area (TPSA) is 188 Å². The van der Waals surface area contributed by atoms with Crippen LogP contribution in [0.1, 0.15) is 62.8 Å². The number of pyridine rings is 1. The van der Waals surface area contributed by atoms with Gasteiger partial charge in [-0.15, -0.1) is 0 Å². The molecular weight excluding hydrogens is 842 g/mol. The van der Waals surface area contributed by atoms with Crippen LogP contribution in [0.3, 0.4) is 0 Å². The van der Waals surface area contributed by atoms with Gasteiger partial charge in [0.15, 0.2) is 5.82 Å². The van der Waals surface area contributed by atoms with E-state index in [2.05, 4.69) is 25.1 Å². The summed E-state index contributed by atoms with van der Waals surface area (Å²) in [6.45, 7) is 3.50. The molecule has 4 fully saturated rings. The Labute approximate surface area is 359 Å². The number of benzene rings is 3. The number of nitrogens with zero attached hydrogens (tertiary/aromatic N) is 5. The van der Waals surface area contributed by atoms with E-state index >= 15 is 8.78 Å². The van der Waals surface area contributed by atoms with Crippen LogP contribution in [0.2, 0.25) is 0 Å². The van der Waals surface area contributed by atoms with E-state index < -0.39 is 69.6 Å². The second-order valence-corrected chi connectivity index (χ2v) is 18.9. The van der Waals surface area contributed by atoms with Gasteiger partial charge in [0.2, 0.25) is 17.6 Å². The third-order valence-electron chi connectivity index (χ3n) is 12.9. The molecule has 3 aromatic carbocycles. The van der Waals surface area contributed by atoms with Crippen LogP contribution in [-0.4, -0.2) is 119 Å². The van der Waals surface area contributed by atoms with Gasteiger partial charge in [-0.25, -0.2) is 18.2 Å². The molecule has 0 radical (unpaired) electrons. The Morgan fingerprint density at radius 3 is 2.49 bits per heavy atom. The largest absolute Gasteiger partial charge is 0.387 e. The highest BCUT2D eigenvalue weighted by Crippen LogP contribution is 2.43. The predicted molar refractivity (Wildman–Crippen MR) is 223 cm³/mol. The van der Waals surface area contributed by atoms with Crippen LogP contribution >= 0.6 is 0 Å². The number of anilines is 2. The Morgan fingerprint density at radius 1 is 0.984 bits per heavy atom. The molecule has 0 aliphatic carbocycles. The van der Waals surface area contributed by atoms with E-state index in [4.69, 9.17) is 0 Å². The van der Waals surface area contributed by atoms with Gasteiger partial charge in [-0.1, -0.05) is 24.3 Å². The van der Waals surface area contributed by atoms with E-state index in [1.54, 1.807) is 24.4 Å². The van der Waals surface area contributed by atoms with E-state index in [0.29, 0.717) is 34.3 Å². The Balaban J connectivity index is 0.756. The predicted octanol–water partition coefficient (Wildman–Crippen LogP) is 4.06. The first kappa shape index (κ1) is 40.9. The summed E-state index contributed by atoms with van der Waals surface area (Å²) in [6.07, 6.45) is 1.26. The molecule has 4 N–H and O–H groups in total. The number of amides is 3. The highest BCUT2D eigenvalue weighted by atomic mass is 32.2. The van der Waals surface area contributed by atoms with E-state index in [0.717, 1.165) is 59.4 Å². The maximum absolute atomic E-state index is 15.7. The molecule has 0 saturated carbocycles. The molecule has 2 aromatic heterocycles. The molecule has 3 atom stereocenters. The number of nitrogens with one attached hydrogen (secondary N) is 3. The van der Waals surface area contributed by atoms with Gasteiger partial charge >= 0.3 is 10.2 Å². The summed E-state index contributed by atoms with van der Waals surface area (Å²) < 4.78 is 73.0. The number of imide groups is 1. The SMILES string of the molecule is O=C1CCC(N2Cc3cc([C@@H](O)CN4CC5(C4)CN(c4ccc(-c6cnc7[nH]cc(C(=O)c8c(F)ccc(NS(=O)(=O)N9CC[C@@H](F)C9)c8F)c7c6)cc4)C5)ccc3C2=O)C(=O)N1. The van der Waals surface area contributed by atoms with Crippen molar-refractivity contribution >= 4 is 56.1 Å². The molecule has 1 unspecified atom stereocenters. The molecule has 7 heterocycles. The van der Waals surface area contributed by atoms with Crippen LogP contribution < -0.4 is 14.9 Å².